The van der Waals surface area contributed by atoms with E-state index in [2.05, 4.69) is 5.32 Å². The number of ether oxygens (including phenoxy) is 1. The maximum atomic E-state index is 11.4. The number of carboxylic acid groups (broad SMARTS) is 1. The molecule has 0 saturated heterocycles. The van der Waals surface area contributed by atoms with Gasteiger partial charge in [-0.3, -0.25) is 4.79 Å². The van der Waals surface area contributed by atoms with Crippen molar-refractivity contribution in [2.45, 2.75) is 39.5 Å². The molecule has 0 aromatic heterocycles. The molecule has 6 heteroatoms. The summed E-state index contributed by atoms with van der Waals surface area (Å²) in [5, 5.41) is 13.4. The Morgan fingerprint density at radius 1 is 1.15 bits per heavy atom. The number of halogens is 2. The Labute approximate surface area is 164 Å². The van der Waals surface area contributed by atoms with E-state index in [0.717, 1.165) is 11.1 Å². The molecule has 2 aromatic rings. The van der Waals surface area contributed by atoms with E-state index < -0.39 is 12.0 Å². The minimum Gasteiger partial charge on any atom is -0.489 e. The van der Waals surface area contributed by atoms with Gasteiger partial charge in [0.1, 0.15) is 18.4 Å². The molecule has 0 bridgehead atoms. The Morgan fingerprint density at radius 2 is 1.88 bits per heavy atom. The second-order valence-corrected chi connectivity index (χ2v) is 7.36. The van der Waals surface area contributed by atoms with Crippen molar-refractivity contribution >= 4 is 29.2 Å². The Balaban J connectivity index is 2.02. The first-order chi connectivity index (χ1) is 12.4. The lowest BCUT2D eigenvalue weighted by Gasteiger charge is -2.18. The molecule has 26 heavy (non-hydrogen) atoms. The summed E-state index contributed by atoms with van der Waals surface area (Å²) in [5.41, 5.74) is 1.81. The van der Waals surface area contributed by atoms with Crippen molar-refractivity contribution in [1.82, 2.24) is 5.32 Å². The summed E-state index contributed by atoms with van der Waals surface area (Å²) in [6.07, 6.45) is 0.571. The first-order valence-electron chi connectivity index (χ1n) is 8.47. The number of rotatable bonds is 9. The van der Waals surface area contributed by atoms with Gasteiger partial charge in [0.2, 0.25) is 0 Å². The molecule has 0 radical (unpaired) electrons. The summed E-state index contributed by atoms with van der Waals surface area (Å²) < 4.78 is 5.90. The molecular weight excluding hydrogens is 373 g/mol. The molecule has 0 amide bonds. The number of carboxylic acids is 1. The second-order valence-electron chi connectivity index (χ2n) is 6.55. The highest BCUT2D eigenvalue weighted by Gasteiger charge is 2.18. The lowest BCUT2D eigenvalue weighted by Crippen LogP contribution is -2.37. The zero-order valence-electron chi connectivity index (χ0n) is 14.8. The van der Waals surface area contributed by atoms with E-state index in [4.69, 9.17) is 27.9 Å². The third-order valence-corrected chi connectivity index (χ3v) is 4.63. The van der Waals surface area contributed by atoms with Gasteiger partial charge in [-0.1, -0.05) is 61.3 Å². The Hall–Kier alpha value is -1.75. The molecule has 0 aliphatic carbocycles. The van der Waals surface area contributed by atoms with Gasteiger partial charge in [-0.2, -0.15) is 0 Å². The van der Waals surface area contributed by atoms with Crippen LogP contribution < -0.4 is 10.1 Å². The number of aliphatic carboxylic acids is 1. The fraction of sp³-hybridized carbons (Fsp3) is 0.350. The standard InChI is InChI=1S/C20H23Cl2NO3/c1-13(2)9-18(20(24)25)23-11-15-5-3-4-6-19(15)26-12-14-7-8-16(21)17(22)10-14/h3-8,10,13,18,23H,9,11-12H2,1-2H3,(H,24,25). The van der Waals surface area contributed by atoms with Gasteiger partial charge < -0.3 is 15.2 Å². The van der Waals surface area contributed by atoms with Crippen LogP contribution in [0.5, 0.6) is 5.75 Å². The maximum Gasteiger partial charge on any atom is 0.320 e. The molecule has 140 valence electrons. The van der Waals surface area contributed by atoms with Crippen molar-refractivity contribution in [3.05, 3.63) is 63.6 Å². The van der Waals surface area contributed by atoms with Crippen LogP contribution in [0.3, 0.4) is 0 Å². The average Bonchev–Trinajstić information content (AvgIpc) is 2.60. The molecule has 1 atom stereocenters. The van der Waals surface area contributed by atoms with Crippen molar-refractivity contribution in [2.75, 3.05) is 0 Å². The van der Waals surface area contributed by atoms with Crippen LogP contribution in [0.2, 0.25) is 10.0 Å². The van der Waals surface area contributed by atoms with Crippen LogP contribution in [0.15, 0.2) is 42.5 Å². The molecule has 0 aliphatic rings. The van der Waals surface area contributed by atoms with E-state index in [-0.39, 0.29) is 0 Å². The smallest absolute Gasteiger partial charge is 0.320 e. The normalized spacial score (nSPS) is 12.2. The van der Waals surface area contributed by atoms with Crippen LogP contribution in [0.1, 0.15) is 31.4 Å². The minimum absolute atomic E-state index is 0.296. The zero-order chi connectivity index (χ0) is 19.1. The summed E-state index contributed by atoms with van der Waals surface area (Å²) in [7, 11) is 0. The molecule has 4 nitrogen and oxygen atoms in total. The van der Waals surface area contributed by atoms with Crippen LogP contribution in [0.25, 0.3) is 0 Å². The number of hydrogen-bond acceptors (Lipinski definition) is 3. The van der Waals surface area contributed by atoms with Crippen LogP contribution in [-0.4, -0.2) is 17.1 Å². The number of para-hydroxylation sites is 1. The van der Waals surface area contributed by atoms with Gasteiger partial charge in [0.25, 0.3) is 0 Å². The quantitative estimate of drug-likeness (QED) is 0.615. The SMILES string of the molecule is CC(C)CC(NCc1ccccc1OCc1ccc(Cl)c(Cl)c1)C(=O)O. The van der Waals surface area contributed by atoms with Crippen LogP contribution in [0.4, 0.5) is 0 Å². The van der Waals surface area contributed by atoms with Gasteiger partial charge in [-0.15, -0.1) is 0 Å². The molecule has 2 aromatic carbocycles. The minimum atomic E-state index is -0.840. The zero-order valence-corrected chi connectivity index (χ0v) is 16.3. The van der Waals surface area contributed by atoms with E-state index in [1.54, 1.807) is 12.1 Å². The lowest BCUT2D eigenvalue weighted by atomic mass is 10.0. The summed E-state index contributed by atoms with van der Waals surface area (Å²) in [5.74, 6) is 0.164. The van der Waals surface area contributed by atoms with E-state index >= 15 is 0 Å². The summed E-state index contributed by atoms with van der Waals surface area (Å²) in [6, 6.07) is 12.4. The first-order valence-corrected chi connectivity index (χ1v) is 9.23. The maximum absolute atomic E-state index is 11.4. The predicted octanol–water partition coefficient (Wildman–Crippen LogP) is 5.16. The number of benzene rings is 2. The molecular formula is C20H23Cl2NO3. The molecule has 0 spiro atoms. The first kappa shape index (κ1) is 20.6. The third kappa shape index (κ3) is 6.20. The second kappa shape index (κ2) is 9.81. The third-order valence-electron chi connectivity index (χ3n) is 3.90. The average molecular weight is 396 g/mol. The van der Waals surface area contributed by atoms with E-state index in [0.29, 0.717) is 41.3 Å². The number of carbonyl (C=O) groups is 1. The molecule has 2 N–H and O–H groups in total. The van der Waals surface area contributed by atoms with Gasteiger partial charge in [-0.25, -0.2) is 0 Å². The van der Waals surface area contributed by atoms with Crippen molar-refractivity contribution < 1.29 is 14.6 Å². The van der Waals surface area contributed by atoms with Crippen LogP contribution in [-0.2, 0) is 17.9 Å². The Bertz CT molecular complexity index is 750. The highest BCUT2D eigenvalue weighted by atomic mass is 35.5. The number of nitrogens with one attached hydrogen (secondary N) is 1. The molecule has 0 saturated carbocycles. The van der Waals surface area contributed by atoms with Gasteiger partial charge in [-0.05, 0) is 36.1 Å². The highest BCUT2D eigenvalue weighted by molar-refractivity contribution is 6.42. The van der Waals surface area contributed by atoms with Crippen molar-refractivity contribution in [1.29, 1.82) is 0 Å². The number of hydrogen-bond donors (Lipinski definition) is 2. The summed E-state index contributed by atoms with van der Waals surface area (Å²) in [6.45, 7) is 4.78. The fourth-order valence-electron chi connectivity index (χ4n) is 2.56. The molecule has 1 unspecified atom stereocenters. The van der Waals surface area contributed by atoms with Crippen LogP contribution >= 0.6 is 23.2 Å². The lowest BCUT2D eigenvalue weighted by molar-refractivity contribution is -0.140. The van der Waals surface area contributed by atoms with Crippen LogP contribution in [0, 0.1) is 5.92 Å². The molecule has 0 aliphatic heterocycles. The largest absolute Gasteiger partial charge is 0.489 e. The Kier molecular flexibility index (Phi) is 7.76. The molecule has 0 heterocycles. The molecule has 2 rings (SSSR count). The highest BCUT2D eigenvalue weighted by Crippen LogP contribution is 2.24. The topological polar surface area (TPSA) is 58.6 Å². The summed E-state index contributed by atoms with van der Waals surface area (Å²) >= 11 is 12.0. The van der Waals surface area contributed by atoms with E-state index in [9.17, 15) is 9.90 Å². The predicted molar refractivity (Wildman–Crippen MR) is 105 cm³/mol. The van der Waals surface area contributed by atoms with Gasteiger partial charge in [0.05, 0.1) is 10.0 Å². The van der Waals surface area contributed by atoms with Gasteiger partial charge in [0, 0.05) is 12.1 Å². The van der Waals surface area contributed by atoms with Crippen molar-refractivity contribution in [2.24, 2.45) is 5.92 Å². The monoisotopic (exact) mass is 395 g/mol. The molecule has 0 fully saturated rings. The van der Waals surface area contributed by atoms with E-state index in [1.807, 2.05) is 44.2 Å². The van der Waals surface area contributed by atoms with Gasteiger partial charge >= 0.3 is 5.97 Å². The van der Waals surface area contributed by atoms with Gasteiger partial charge in [0.15, 0.2) is 0 Å². The van der Waals surface area contributed by atoms with E-state index in [1.165, 1.54) is 0 Å². The Morgan fingerprint density at radius 3 is 2.54 bits per heavy atom. The van der Waals surface area contributed by atoms with Crippen molar-refractivity contribution in [3.8, 4) is 5.75 Å². The van der Waals surface area contributed by atoms with Crippen molar-refractivity contribution in [3.63, 3.8) is 0 Å². The fourth-order valence-corrected chi connectivity index (χ4v) is 2.88. The summed E-state index contributed by atoms with van der Waals surface area (Å²) in [4.78, 5) is 11.4.